The van der Waals surface area contributed by atoms with Crippen molar-refractivity contribution in [3.05, 3.63) is 77.0 Å². The third-order valence-electron chi connectivity index (χ3n) is 5.84. The summed E-state index contributed by atoms with van der Waals surface area (Å²) in [4.78, 5) is 51.4. The highest BCUT2D eigenvalue weighted by Crippen LogP contribution is 2.30. The Morgan fingerprint density at radius 3 is 2.36 bits per heavy atom. The Morgan fingerprint density at radius 2 is 1.69 bits per heavy atom. The number of anilines is 1. The van der Waals surface area contributed by atoms with Gasteiger partial charge in [0.15, 0.2) is 0 Å². The van der Waals surface area contributed by atoms with Crippen LogP contribution in [0, 0.1) is 0 Å². The van der Waals surface area contributed by atoms with Gasteiger partial charge >= 0.3 is 6.18 Å². The second-order valence-electron chi connectivity index (χ2n) is 8.73. The van der Waals surface area contributed by atoms with Gasteiger partial charge in [0.05, 0.1) is 5.56 Å². The molecule has 188 valence electrons. The molecule has 2 heterocycles. The molecule has 11 heteroatoms. The van der Waals surface area contributed by atoms with E-state index in [1.807, 2.05) is 11.0 Å². The Morgan fingerprint density at radius 1 is 1.03 bits per heavy atom. The number of nitrogens with zero attached hydrogens (tertiary/aromatic N) is 2. The summed E-state index contributed by atoms with van der Waals surface area (Å²) in [5.41, 5.74) is 1.18. The van der Waals surface area contributed by atoms with Gasteiger partial charge in [0.1, 0.15) is 11.7 Å². The number of carbonyl (C=O) groups excluding carboxylic acids is 4. The van der Waals surface area contributed by atoms with Crippen molar-refractivity contribution in [3.8, 4) is 0 Å². The molecule has 2 aliphatic heterocycles. The Labute approximate surface area is 204 Å². The summed E-state index contributed by atoms with van der Waals surface area (Å²) >= 11 is 0. The van der Waals surface area contributed by atoms with Crippen LogP contribution in [0.3, 0.4) is 0 Å². The van der Waals surface area contributed by atoms with E-state index in [1.165, 1.54) is 6.07 Å². The fourth-order valence-electron chi connectivity index (χ4n) is 4.23. The molecule has 2 N–H and O–H groups in total. The van der Waals surface area contributed by atoms with Gasteiger partial charge in [0.25, 0.3) is 11.8 Å². The maximum atomic E-state index is 13.0. The van der Waals surface area contributed by atoms with Crippen molar-refractivity contribution in [2.45, 2.75) is 38.1 Å². The highest BCUT2D eigenvalue weighted by molar-refractivity contribution is 6.20. The molecule has 0 aromatic heterocycles. The standard InChI is InChI=1S/C25H23F3N4O4/c1-31(13-15-4-2-6-17(10-15)25(26,27)28)14-16-5-3-7-18(11-16)29-19-12-22(34)32(24(19)36)20-8-9-21(33)30-23(20)35/h2-7,10-12,20,29H,8-9,13-14H2,1H3,(H,30,33,35). The summed E-state index contributed by atoms with van der Waals surface area (Å²) in [5.74, 6) is -2.44. The molecule has 2 aromatic rings. The molecule has 0 radical (unpaired) electrons. The maximum Gasteiger partial charge on any atom is 0.416 e. The molecule has 0 bridgehead atoms. The Kier molecular flexibility index (Phi) is 6.93. The third kappa shape index (κ3) is 5.62. The number of amides is 4. The van der Waals surface area contributed by atoms with Gasteiger partial charge in [0, 0.05) is 31.3 Å². The predicted molar refractivity (Wildman–Crippen MR) is 123 cm³/mol. The zero-order valence-electron chi connectivity index (χ0n) is 19.3. The quantitative estimate of drug-likeness (QED) is 0.568. The molecule has 0 saturated carbocycles. The van der Waals surface area contributed by atoms with Crippen LogP contribution in [0.15, 0.2) is 60.3 Å². The monoisotopic (exact) mass is 500 g/mol. The van der Waals surface area contributed by atoms with Crippen LogP contribution in [0.25, 0.3) is 0 Å². The van der Waals surface area contributed by atoms with Crippen molar-refractivity contribution >= 4 is 29.3 Å². The summed E-state index contributed by atoms with van der Waals surface area (Å²) < 4.78 is 38.9. The van der Waals surface area contributed by atoms with Crippen LogP contribution < -0.4 is 10.6 Å². The Hall–Kier alpha value is -3.99. The minimum atomic E-state index is -4.41. The van der Waals surface area contributed by atoms with Crippen LogP contribution in [0.2, 0.25) is 0 Å². The Balaban J connectivity index is 1.40. The van der Waals surface area contributed by atoms with E-state index in [4.69, 9.17) is 0 Å². The largest absolute Gasteiger partial charge is 0.416 e. The highest BCUT2D eigenvalue weighted by Gasteiger charge is 2.42. The lowest BCUT2D eigenvalue weighted by Crippen LogP contribution is -2.54. The highest BCUT2D eigenvalue weighted by atomic mass is 19.4. The van der Waals surface area contributed by atoms with Gasteiger partial charge in [-0.2, -0.15) is 13.2 Å². The molecular weight excluding hydrogens is 477 g/mol. The molecule has 2 aliphatic rings. The summed E-state index contributed by atoms with van der Waals surface area (Å²) in [6.07, 6.45) is -3.20. The number of imide groups is 2. The lowest BCUT2D eigenvalue weighted by Gasteiger charge is -2.28. The topological polar surface area (TPSA) is 98.8 Å². The first kappa shape index (κ1) is 25.1. The van der Waals surface area contributed by atoms with Crippen LogP contribution in [0.4, 0.5) is 18.9 Å². The first-order valence-electron chi connectivity index (χ1n) is 11.1. The lowest BCUT2D eigenvalue weighted by atomic mass is 10.0. The predicted octanol–water partition coefficient (Wildman–Crippen LogP) is 2.81. The fraction of sp³-hybridized carbons (Fsp3) is 0.280. The first-order valence-corrected chi connectivity index (χ1v) is 11.1. The van der Waals surface area contributed by atoms with E-state index < -0.39 is 41.4 Å². The molecule has 0 spiro atoms. The molecule has 1 atom stereocenters. The number of carbonyl (C=O) groups is 4. The Bertz CT molecular complexity index is 1260. The number of piperidine rings is 1. The number of benzene rings is 2. The molecular formula is C25H23F3N4O4. The number of hydrogen-bond donors (Lipinski definition) is 2. The second-order valence-corrected chi connectivity index (χ2v) is 8.73. The van der Waals surface area contributed by atoms with Crippen molar-refractivity contribution in [2.24, 2.45) is 0 Å². The molecule has 36 heavy (non-hydrogen) atoms. The van der Waals surface area contributed by atoms with E-state index in [9.17, 15) is 32.3 Å². The SMILES string of the molecule is CN(Cc1cccc(NC2=CC(=O)N(C3CCC(=O)NC3=O)C2=O)c1)Cc1cccc(C(F)(F)F)c1. The lowest BCUT2D eigenvalue weighted by molar-refractivity contribution is -0.149. The van der Waals surface area contributed by atoms with Gasteiger partial charge in [-0.25, -0.2) is 0 Å². The second kappa shape index (κ2) is 9.94. The van der Waals surface area contributed by atoms with Gasteiger partial charge in [-0.15, -0.1) is 0 Å². The van der Waals surface area contributed by atoms with Gasteiger partial charge in [-0.3, -0.25) is 34.3 Å². The maximum absolute atomic E-state index is 13.0. The zero-order chi connectivity index (χ0) is 26.0. The van der Waals surface area contributed by atoms with Crippen LogP contribution in [0.5, 0.6) is 0 Å². The number of alkyl halides is 3. The smallest absolute Gasteiger partial charge is 0.351 e. The molecule has 0 aliphatic carbocycles. The molecule has 4 rings (SSSR count). The van der Waals surface area contributed by atoms with Crippen LogP contribution in [0.1, 0.15) is 29.5 Å². The summed E-state index contributed by atoms with van der Waals surface area (Å²) in [6.45, 7) is 0.709. The van der Waals surface area contributed by atoms with E-state index in [0.717, 1.165) is 28.7 Å². The van der Waals surface area contributed by atoms with Gasteiger partial charge in [-0.05, 0) is 42.8 Å². The van der Waals surface area contributed by atoms with Crippen molar-refractivity contribution in [1.82, 2.24) is 15.1 Å². The van der Waals surface area contributed by atoms with E-state index in [1.54, 1.807) is 31.3 Å². The van der Waals surface area contributed by atoms with Crippen LogP contribution >= 0.6 is 0 Å². The summed E-state index contributed by atoms with van der Waals surface area (Å²) in [6, 6.07) is 11.2. The van der Waals surface area contributed by atoms with Gasteiger partial charge in [0.2, 0.25) is 11.8 Å². The normalized spacial score (nSPS) is 18.5. The fourth-order valence-corrected chi connectivity index (χ4v) is 4.23. The van der Waals surface area contributed by atoms with E-state index >= 15 is 0 Å². The number of halogens is 3. The van der Waals surface area contributed by atoms with E-state index in [-0.39, 0.29) is 18.5 Å². The van der Waals surface area contributed by atoms with Crippen molar-refractivity contribution in [2.75, 3.05) is 12.4 Å². The minimum absolute atomic E-state index is 0.000768. The summed E-state index contributed by atoms with van der Waals surface area (Å²) in [7, 11) is 1.78. The minimum Gasteiger partial charge on any atom is -0.351 e. The third-order valence-corrected chi connectivity index (χ3v) is 5.84. The first-order chi connectivity index (χ1) is 17.0. The van der Waals surface area contributed by atoms with Crippen LogP contribution in [-0.2, 0) is 38.4 Å². The molecule has 2 aromatic carbocycles. The molecule has 8 nitrogen and oxygen atoms in total. The molecule has 1 unspecified atom stereocenters. The number of rotatable bonds is 7. The molecule has 1 saturated heterocycles. The summed E-state index contributed by atoms with van der Waals surface area (Å²) in [5, 5.41) is 5.05. The van der Waals surface area contributed by atoms with Crippen LogP contribution in [-0.4, -0.2) is 46.5 Å². The number of hydrogen-bond acceptors (Lipinski definition) is 6. The average molecular weight is 500 g/mol. The zero-order valence-corrected chi connectivity index (χ0v) is 19.3. The van der Waals surface area contributed by atoms with Crippen molar-refractivity contribution in [3.63, 3.8) is 0 Å². The average Bonchev–Trinajstić information content (AvgIpc) is 3.06. The van der Waals surface area contributed by atoms with E-state index in [2.05, 4.69) is 10.6 Å². The molecule has 1 fully saturated rings. The van der Waals surface area contributed by atoms with Crippen molar-refractivity contribution in [1.29, 1.82) is 0 Å². The molecule has 4 amide bonds. The van der Waals surface area contributed by atoms with Crippen molar-refractivity contribution < 1.29 is 32.3 Å². The van der Waals surface area contributed by atoms with E-state index in [0.29, 0.717) is 24.3 Å². The number of nitrogens with one attached hydrogen (secondary N) is 2. The van der Waals surface area contributed by atoms with Gasteiger partial charge in [-0.1, -0.05) is 30.3 Å². The van der Waals surface area contributed by atoms with Gasteiger partial charge < -0.3 is 5.32 Å².